The minimum absolute atomic E-state index is 0.0171. The van der Waals surface area contributed by atoms with Crippen LogP contribution in [0.3, 0.4) is 0 Å². The standard InChI is InChI=1S/C15H19N3O3/c19-10-12-21-11-4-8-16-15(20)14-7-9-18(17-14)13-5-2-1-3-6-13/h1-3,5-7,9,19H,4,8,10-12H2,(H,16,20). The number of rotatable bonds is 8. The number of carbonyl (C=O) groups excluding carboxylic acids is 1. The molecule has 1 aromatic carbocycles. The lowest BCUT2D eigenvalue weighted by atomic mass is 10.3. The second-order valence-electron chi connectivity index (χ2n) is 4.43. The molecule has 0 saturated carbocycles. The van der Waals surface area contributed by atoms with Crippen molar-refractivity contribution in [1.82, 2.24) is 15.1 Å². The zero-order valence-corrected chi connectivity index (χ0v) is 11.7. The van der Waals surface area contributed by atoms with Crippen LogP contribution in [0.5, 0.6) is 0 Å². The maximum Gasteiger partial charge on any atom is 0.271 e. The average Bonchev–Trinajstić information content (AvgIpc) is 3.01. The number of ether oxygens (including phenoxy) is 1. The quantitative estimate of drug-likeness (QED) is 0.711. The summed E-state index contributed by atoms with van der Waals surface area (Å²) in [5, 5.41) is 15.6. The molecule has 112 valence electrons. The topological polar surface area (TPSA) is 76.4 Å². The molecule has 1 heterocycles. The van der Waals surface area contributed by atoms with Crippen LogP contribution in [0, 0.1) is 0 Å². The van der Waals surface area contributed by atoms with Gasteiger partial charge in [0.1, 0.15) is 0 Å². The van der Waals surface area contributed by atoms with E-state index in [0.29, 0.717) is 31.9 Å². The number of aliphatic hydroxyl groups excluding tert-OH is 1. The average molecular weight is 289 g/mol. The van der Waals surface area contributed by atoms with Crippen LogP contribution in [0.2, 0.25) is 0 Å². The molecule has 0 aliphatic heterocycles. The first-order valence-corrected chi connectivity index (χ1v) is 6.89. The number of aliphatic hydroxyl groups is 1. The van der Waals surface area contributed by atoms with Gasteiger partial charge in [-0.3, -0.25) is 4.79 Å². The van der Waals surface area contributed by atoms with Gasteiger partial charge in [-0.1, -0.05) is 18.2 Å². The van der Waals surface area contributed by atoms with Crippen molar-refractivity contribution >= 4 is 5.91 Å². The third-order valence-corrected chi connectivity index (χ3v) is 2.83. The van der Waals surface area contributed by atoms with Gasteiger partial charge >= 0.3 is 0 Å². The van der Waals surface area contributed by atoms with Gasteiger partial charge < -0.3 is 15.2 Å². The number of carbonyl (C=O) groups is 1. The van der Waals surface area contributed by atoms with E-state index in [-0.39, 0.29) is 12.5 Å². The van der Waals surface area contributed by atoms with Crippen LogP contribution in [0.1, 0.15) is 16.9 Å². The molecule has 0 fully saturated rings. The highest BCUT2D eigenvalue weighted by molar-refractivity contribution is 5.92. The molecule has 0 aliphatic carbocycles. The van der Waals surface area contributed by atoms with Gasteiger partial charge in [-0.05, 0) is 24.6 Å². The van der Waals surface area contributed by atoms with Crippen LogP contribution in [0.15, 0.2) is 42.6 Å². The monoisotopic (exact) mass is 289 g/mol. The van der Waals surface area contributed by atoms with Crippen LogP contribution >= 0.6 is 0 Å². The number of hydrogen-bond acceptors (Lipinski definition) is 4. The van der Waals surface area contributed by atoms with Crippen molar-refractivity contribution in [2.24, 2.45) is 0 Å². The van der Waals surface area contributed by atoms with E-state index in [2.05, 4.69) is 10.4 Å². The number of para-hydroxylation sites is 1. The molecule has 0 unspecified atom stereocenters. The Kier molecular flexibility index (Phi) is 5.93. The zero-order valence-electron chi connectivity index (χ0n) is 11.7. The number of nitrogens with one attached hydrogen (secondary N) is 1. The molecule has 0 bridgehead atoms. The molecular formula is C15H19N3O3. The second-order valence-corrected chi connectivity index (χ2v) is 4.43. The van der Waals surface area contributed by atoms with Gasteiger partial charge in [0.2, 0.25) is 0 Å². The number of aromatic nitrogens is 2. The number of amides is 1. The molecule has 1 aromatic heterocycles. The van der Waals surface area contributed by atoms with Crippen molar-refractivity contribution in [2.75, 3.05) is 26.4 Å². The Morgan fingerprint density at radius 3 is 2.81 bits per heavy atom. The van der Waals surface area contributed by atoms with E-state index >= 15 is 0 Å². The normalized spacial score (nSPS) is 10.5. The lowest BCUT2D eigenvalue weighted by Crippen LogP contribution is -2.26. The van der Waals surface area contributed by atoms with Crippen LogP contribution < -0.4 is 5.32 Å². The summed E-state index contributed by atoms with van der Waals surface area (Å²) < 4.78 is 6.78. The van der Waals surface area contributed by atoms with E-state index in [1.54, 1.807) is 16.9 Å². The van der Waals surface area contributed by atoms with Gasteiger partial charge in [0.15, 0.2) is 5.69 Å². The lowest BCUT2D eigenvalue weighted by molar-refractivity contribution is 0.0865. The molecule has 1 amide bonds. The minimum atomic E-state index is -0.202. The largest absolute Gasteiger partial charge is 0.394 e. The molecule has 6 heteroatoms. The second kappa shape index (κ2) is 8.18. The molecule has 0 radical (unpaired) electrons. The van der Waals surface area contributed by atoms with Crippen LogP contribution in [0.4, 0.5) is 0 Å². The predicted octanol–water partition coefficient (Wildman–Crippen LogP) is 1.00. The fourth-order valence-electron chi connectivity index (χ4n) is 1.80. The maximum absolute atomic E-state index is 11.9. The summed E-state index contributed by atoms with van der Waals surface area (Å²) in [6.07, 6.45) is 2.46. The lowest BCUT2D eigenvalue weighted by Gasteiger charge is -2.04. The van der Waals surface area contributed by atoms with Crippen LogP contribution in [-0.2, 0) is 4.74 Å². The van der Waals surface area contributed by atoms with Crippen molar-refractivity contribution in [3.8, 4) is 5.69 Å². The Morgan fingerprint density at radius 1 is 1.24 bits per heavy atom. The SMILES string of the molecule is O=C(NCCCOCCO)c1ccn(-c2ccccc2)n1. The third-order valence-electron chi connectivity index (χ3n) is 2.83. The maximum atomic E-state index is 11.9. The summed E-state index contributed by atoms with van der Waals surface area (Å²) in [7, 11) is 0. The number of hydrogen-bond donors (Lipinski definition) is 2. The van der Waals surface area contributed by atoms with Gasteiger partial charge in [0.05, 0.1) is 18.9 Å². The fourth-order valence-corrected chi connectivity index (χ4v) is 1.80. The van der Waals surface area contributed by atoms with Crippen molar-refractivity contribution in [3.63, 3.8) is 0 Å². The predicted molar refractivity (Wildman–Crippen MR) is 78.4 cm³/mol. The number of nitrogens with zero attached hydrogens (tertiary/aromatic N) is 2. The Hall–Kier alpha value is -2.18. The molecule has 0 atom stereocenters. The first-order valence-electron chi connectivity index (χ1n) is 6.89. The van der Waals surface area contributed by atoms with Gasteiger partial charge in [0, 0.05) is 19.3 Å². The molecule has 2 N–H and O–H groups in total. The van der Waals surface area contributed by atoms with E-state index < -0.39 is 0 Å². The third kappa shape index (κ3) is 4.70. The highest BCUT2D eigenvalue weighted by Crippen LogP contribution is 2.06. The Bertz CT molecular complexity index is 554. The van der Waals surface area contributed by atoms with Crippen LogP contribution in [-0.4, -0.2) is 47.2 Å². The van der Waals surface area contributed by atoms with Crippen molar-refractivity contribution < 1.29 is 14.6 Å². The van der Waals surface area contributed by atoms with Crippen molar-refractivity contribution in [1.29, 1.82) is 0 Å². The highest BCUT2D eigenvalue weighted by Gasteiger charge is 2.09. The number of benzene rings is 1. The van der Waals surface area contributed by atoms with E-state index in [1.807, 2.05) is 30.3 Å². The zero-order chi connectivity index (χ0) is 14.9. The summed E-state index contributed by atoms with van der Waals surface area (Å²) in [6.45, 7) is 1.38. The molecule has 0 spiro atoms. The van der Waals surface area contributed by atoms with Crippen LogP contribution in [0.25, 0.3) is 5.69 Å². The van der Waals surface area contributed by atoms with Crippen molar-refractivity contribution in [3.05, 3.63) is 48.3 Å². The van der Waals surface area contributed by atoms with Crippen molar-refractivity contribution in [2.45, 2.75) is 6.42 Å². The van der Waals surface area contributed by atoms with Gasteiger partial charge in [-0.2, -0.15) is 5.10 Å². The molecule has 2 rings (SSSR count). The van der Waals surface area contributed by atoms with Gasteiger partial charge in [0.25, 0.3) is 5.91 Å². The Labute approximate surface area is 123 Å². The first-order chi connectivity index (χ1) is 10.3. The molecule has 6 nitrogen and oxygen atoms in total. The molecular weight excluding hydrogens is 270 g/mol. The molecule has 2 aromatic rings. The van der Waals surface area contributed by atoms with Gasteiger partial charge in [-0.15, -0.1) is 0 Å². The summed E-state index contributed by atoms with van der Waals surface area (Å²) in [5.74, 6) is -0.202. The van der Waals surface area contributed by atoms with E-state index in [4.69, 9.17) is 9.84 Å². The fraction of sp³-hybridized carbons (Fsp3) is 0.333. The van der Waals surface area contributed by atoms with E-state index in [1.165, 1.54) is 0 Å². The Balaban J connectivity index is 1.80. The Morgan fingerprint density at radius 2 is 2.05 bits per heavy atom. The summed E-state index contributed by atoms with van der Waals surface area (Å²) in [5.41, 5.74) is 1.30. The smallest absolute Gasteiger partial charge is 0.271 e. The molecule has 0 saturated heterocycles. The van der Waals surface area contributed by atoms with E-state index in [0.717, 1.165) is 5.69 Å². The molecule has 21 heavy (non-hydrogen) atoms. The van der Waals surface area contributed by atoms with Gasteiger partial charge in [-0.25, -0.2) is 4.68 Å². The van der Waals surface area contributed by atoms with E-state index in [9.17, 15) is 4.79 Å². The summed E-state index contributed by atoms with van der Waals surface area (Å²) >= 11 is 0. The summed E-state index contributed by atoms with van der Waals surface area (Å²) in [4.78, 5) is 11.9. The molecule has 0 aliphatic rings. The summed E-state index contributed by atoms with van der Waals surface area (Å²) in [6, 6.07) is 11.3. The minimum Gasteiger partial charge on any atom is -0.394 e. The first kappa shape index (κ1) is 15.2. The highest BCUT2D eigenvalue weighted by atomic mass is 16.5.